The van der Waals surface area contributed by atoms with Crippen molar-refractivity contribution in [3.8, 4) is 5.75 Å². The van der Waals surface area contributed by atoms with Crippen LogP contribution < -0.4 is 10.1 Å². The topological polar surface area (TPSA) is 41.5 Å². The molecule has 6 heteroatoms. The van der Waals surface area contributed by atoms with Gasteiger partial charge in [-0.05, 0) is 25.0 Å². The highest BCUT2D eigenvalue weighted by molar-refractivity contribution is 5.56. The van der Waals surface area contributed by atoms with E-state index in [1.54, 1.807) is 6.07 Å². The van der Waals surface area contributed by atoms with Gasteiger partial charge in [0, 0.05) is 6.54 Å². The summed E-state index contributed by atoms with van der Waals surface area (Å²) in [6.07, 6.45) is -3.71. The number of alkyl halides is 3. The first-order chi connectivity index (χ1) is 8.79. The molecule has 0 amide bonds. The average molecular weight is 277 g/mol. The normalized spacial score (nSPS) is 12.3. The van der Waals surface area contributed by atoms with Crippen LogP contribution in [0.4, 0.5) is 18.9 Å². The van der Waals surface area contributed by atoms with Crippen LogP contribution in [0.15, 0.2) is 24.3 Å². The van der Waals surface area contributed by atoms with Crippen molar-refractivity contribution in [2.24, 2.45) is 0 Å². The molecule has 0 unspecified atom stereocenters. The fourth-order valence-corrected chi connectivity index (χ4v) is 1.59. The number of para-hydroxylation sites is 2. The summed E-state index contributed by atoms with van der Waals surface area (Å²) >= 11 is 0. The zero-order chi connectivity index (χ0) is 14.5. The van der Waals surface area contributed by atoms with Crippen LogP contribution >= 0.6 is 0 Å². The molecule has 0 saturated heterocycles. The molecule has 0 spiro atoms. The zero-order valence-electron chi connectivity index (χ0n) is 10.9. The number of hydrogen-bond acceptors (Lipinski definition) is 3. The summed E-state index contributed by atoms with van der Waals surface area (Å²) in [5.74, 6) is -0.301. The van der Waals surface area contributed by atoms with E-state index in [2.05, 4.69) is 10.1 Å². The molecule has 0 atom stereocenters. The highest BCUT2D eigenvalue weighted by atomic mass is 19.4. The zero-order valence-corrected chi connectivity index (χ0v) is 10.9. The van der Waals surface area contributed by atoms with Gasteiger partial charge in [0.05, 0.1) is 11.3 Å². The molecular formula is C13H18F3NO2. The molecule has 0 aliphatic rings. The first-order valence-corrected chi connectivity index (χ1v) is 6.10. The Morgan fingerprint density at radius 3 is 2.26 bits per heavy atom. The van der Waals surface area contributed by atoms with Crippen LogP contribution in [0.2, 0.25) is 0 Å². The number of nitrogens with one attached hydrogen (secondary N) is 1. The Bertz CT molecular complexity index is 403. The smallest absolute Gasteiger partial charge is 0.404 e. The molecule has 2 N–H and O–H groups in total. The van der Waals surface area contributed by atoms with Gasteiger partial charge in [0.1, 0.15) is 0 Å². The van der Waals surface area contributed by atoms with Crippen LogP contribution in [0.25, 0.3) is 0 Å². The molecule has 1 rings (SSSR count). The molecule has 0 bridgehead atoms. The molecule has 0 fully saturated rings. The molecule has 108 valence electrons. The lowest BCUT2D eigenvalue weighted by Gasteiger charge is -2.26. The van der Waals surface area contributed by atoms with E-state index in [0.717, 1.165) is 0 Å². The molecule has 0 heterocycles. The maximum Gasteiger partial charge on any atom is 0.573 e. The van der Waals surface area contributed by atoms with E-state index in [1.807, 2.05) is 13.8 Å². The van der Waals surface area contributed by atoms with Crippen LogP contribution in [0.5, 0.6) is 5.75 Å². The fourth-order valence-electron chi connectivity index (χ4n) is 1.59. The van der Waals surface area contributed by atoms with Crippen molar-refractivity contribution < 1.29 is 23.0 Å². The number of anilines is 1. The number of rotatable bonds is 6. The van der Waals surface area contributed by atoms with Crippen LogP contribution in [0, 0.1) is 0 Å². The first-order valence-electron chi connectivity index (χ1n) is 6.10. The van der Waals surface area contributed by atoms with Gasteiger partial charge in [-0.15, -0.1) is 13.2 Å². The van der Waals surface area contributed by atoms with Crippen LogP contribution in [-0.4, -0.2) is 23.6 Å². The third kappa shape index (κ3) is 4.98. The first kappa shape index (κ1) is 15.6. The maximum atomic E-state index is 12.2. The Labute approximate surface area is 110 Å². The quantitative estimate of drug-likeness (QED) is 0.835. The maximum absolute atomic E-state index is 12.2. The SMILES string of the molecule is CCC(O)(CC)CNc1ccccc1OC(F)(F)F. The van der Waals surface area contributed by atoms with E-state index >= 15 is 0 Å². The third-order valence-electron chi connectivity index (χ3n) is 3.04. The Kier molecular flexibility index (Phi) is 5.05. The van der Waals surface area contributed by atoms with Gasteiger partial charge >= 0.3 is 6.36 Å². The number of benzene rings is 1. The van der Waals surface area contributed by atoms with Crippen molar-refractivity contribution in [1.82, 2.24) is 0 Å². The van der Waals surface area contributed by atoms with Gasteiger partial charge in [0.25, 0.3) is 0 Å². The third-order valence-corrected chi connectivity index (χ3v) is 3.04. The molecule has 1 aromatic rings. The van der Waals surface area contributed by atoms with E-state index in [0.29, 0.717) is 12.8 Å². The predicted molar refractivity (Wildman–Crippen MR) is 67.1 cm³/mol. The minimum atomic E-state index is -4.73. The average Bonchev–Trinajstić information content (AvgIpc) is 2.35. The van der Waals surface area contributed by atoms with Gasteiger partial charge in [-0.1, -0.05) is 26.0 Å². The van der Waals surface area contributed by atoms with Crippen LogP contribution in [0.1, 0.15) is 26.7 Å². The minimum absolute atomic E-state index is 0.165. The van der Waals surface area contributed by atoms with E-state index in [1.165, 1.54) is 18.2 Å². The second-order valence-electron chi connectivity index (χ2n) is 4.33. The number of ether oxygens (including phenoxy) is 1. The Morgan fingerprint density at radius 1 is 1.16 bits per heavy atom. The summed E-state index contributed by atoms with van der Waals surface area (Å²) in [6.45, 7) is 3.81. The molecule has 19 heavy (non-hydrogen) atoms. The van der Waals surface area contributed by atoms with Crippen molar-refractivity contribution in [1.29, 1.82) is 0 Å². The van der Waals surface area contributed by atoms with E-state index < -0.39 is 12.0 Å². The van der Waals surface area contributed by atoms with E-state index in [-0.39, 0.29) is 18.0 Å². The van der Waals surface area contributed by atoms with Gasteiger partial charge in [0.15, 0.2) is 5.75 Å². The summed E-state index contributed by atoms with van der Waals surface area (Å²) in [5, 5.41) is 12.9. The van der Waals surface area contributed by atoms with Gasteiger partial charge in [-0.25, -0.2) is 0 Å². The lowest BCUT2D eigenvalue weighted by atomic mass is 9.97. The standard InChI is InChI=1S/C13H18F3NO2/c1-3-12(18,4-2)9-17-10-7-5-6-8-11(10)19-13(14,15)16/h5-8,17-18H,3-4,9H2,1-2H3. The molecule has 0 aliphatic heterocycles. The van der Waals surface area contributed by atoms with Crippen molar-refractivity contribution >= 4 is 5.69 Å². The molecule has 3 nitrogen and oxygen atoms in total. The Balaban J connectivity index is 2.78. The summed E-state index contributed by atoms with van der Waals surface area (Å²) in [5.41, 5.74) is -0.731. The highest BCUT2D eigenvalue weighted by Crippen LogP contribution is 2.30. The number of hydrogen-bond donors (Lipinski definition) is 2. The second kappa shape index (κ2) is 6.14. The monoisotopic (exact) mass is 277 g/mol. The summed E-state index contributed by atoms with van der Waals surface area (Å²) in [4.78, 5) is 0. The lowest BCUT2D eigenvalue weighted by molar-refractivity contribution is -0.274. The van der Waals surface area contributed by atoms with Crippen molar-refractivity contribution in [3.63, 3.8) is 0 Å². The molecule has 0 radical (unpaired) electrons. The second-order valence-corrected chi connectivity index (χ2v) is 4.33. The summed E-state index contributed by atoms with van der Waals surface area (Å²) in [7, 11) is 0. The fraction of sp³-hybridized carbons (Fsp3) is 0.538. The molecule has 0 saturated carbocycles. The van der Waals surface area contributed by atoms with Gasteiger partial charge in [0.2, 0.25) is 0 Å². The summed E-state index contributed by atoms with van der Waals surface area (Å²) < 4.78 is 40.6. The molecule has 0 aromatic heterocycles. The lowest BCUT2D eigenvalue weighted by Crippen LogP contribution is -2.35. The van der Waals surface area contributed by atoms with Gasteiger partial charge < -0.3 is 15.2 Å². The van der Waals surface area contributed by atoms with Crippen molar-refractivity contribution in [2.45, 2.75) is 38.7 Å². The van der Waals surface area contributed by atoms with Gasteiger partial charge in [-0.2, -0.15) is 0 Å². The predicted octanol–water partition coefficient (Wildman–Crippen LogP) is 3.55. The van der Waals surface area contributed by atoms with E-state index in [4.69, 9.17) is 0 Å². The molecular weight excluding hydrogens is 259 g/mol. The molecule has 0 aliphatic carbocycles. The van der Waals surface area contributed by atoms with Gasteiger partial charge in [-0.3, -0.25) is 0 Å². The Morgan fingerprint density at radius 2 is 1.74 bits per heavy atom. The number of aliphatic hydroxyl groups is 1. The largest absolute Gasteiger partial charge is 0.573 e. The van der Waals surface area contributed by atoms with E-state index in [9.17, 15) is 18.3 Å². The summed E-state index contributed by atoms with van der Waals surface area (Å²) in [6, 6.07) is 5.76. The Hall–Kier alpha value is -1.43. The van der Waals surface area contributed by atoms with Crippen molar-refractivity contribution in [3.05, 3.63) is 24.3 Å². The number of halogens is 3. The molecule has 1 aromatic carbocycles. The van der Waals surface area contributed by atoms with Crippen LogP contribution in [-0.2, 0) is 0 Å². The minimum Gasteiger partial charge on any atom is -0.404 e. The highest BCUT2D eigenvalue weighted by Gasteiger charge is 2.32. The van der Waals surface area contributed by atoms with Crippen LogP contribution in [0.3, 0.4) is 0 Å². The van der Waals surface area contributed by atoms with Crippen molar-refractivity contribution in [2.75, 3.05) is 11.9 Å².